The lowest BCUT2D eigenvalue weighted by atomic mass is 10.2. The van der Waals surface area contributed by atoms with Crippen LogP contribution in [0.25, 0.3) is 0 Å². The van der Waals surface area contributed by atoms with E-state index in [0.29, 0.717) is 26.1 Å². The van der Waals surface area contributed by atoms with Crippen LogP contribution in [0.15, 0.2) is 5.16 Å². The number of nitrogens with one attached hydrogen (secondary N) is 2. The highest BCUT2D eigenvalue weighted by atomic mass is 16.6. The first-order valence-corrected chi connectivity index (χ1v) is 4.87. The molecule has 86 valence electrons. The Labute approximate surface area is 89.0 Å². The van der Waals surface area contributed by atoms with Gasteiger partial charge in [0.15, 0.2) is 0 Å². The van der Waals surface area contributed by atoms with Gasteiger partial charge in [0.2, 0.25) is 5.91 Å². The fourth-order valence-electron chi connectivity index (χ4n) is 1.40. The lowest BCUT2D eigenvalue weighted by Gasteiger charge is -2.09. The van der Waals surface area contributed by atoms with Crippen LogP contribution in [0.1, 0.15) is 6.42 Å². The molecule has 0 spiro atoms. The Morgan fingerprint density at radius 3 is 3.13 bits per heavy atom. The highest BCUT2D eigenvalue weighted by Gasteiger charge is 2.26. The van der Waals surface area contributed by atoms with Gasteiger partial charge in [-0.05, 0) is 0 Å². The zero-order valence-electron chi connectivity index (χ0n) is 9.08. The van der Waals surface area contributed by atoms with Gasteiger partial charge in [0.05, 0.1) is 18.4 Å². The third kappa shape index (κ3) is 3.85. The molecule has 1 fully saturated rings. The van der Waals surface area contributed by atoms with Gasteiger partial charge in [-0.2, -0.15) is 0 Å². The molecule has 0 radical (unpaired) electrons. The second-order valence-electron chi connectivity index (χ2n) is 3.26. The molecular formula is C9H17N3O3. The number of ether oxygens (including phenoxy) is 1. The number of methoxy groups -OCH3 is 1. The van der Waals surface area contributed by atoms with Crippen LogP contribution in [-0.2, 0) is 14.4 Å². The summed E-state index contributed by atoms with van der Waals surface area (Å²) in [7, 11) is 3.10. The predicted molar refractivity (Wildman–Crippen MR) is 55.7 cm³/mol. The van der Waals surface area contributed by atoms with Crippen molar-refractivity contribution in [3.63, 3.8) is 0 Å². The monoisotopic (exact) mass is 215 g/mol. The first-order valence-electron chi connectivity index (χ1n) is 4.87. The van der Waals surface area contributed by atoms with Gasteiger partial charge in [0.1, 0.15) is 7.11 Å². The number of amides is 1. The van der Waals surface area contributed by atoms with E-state index in [2.05, 4.69) is 20.6 Å². The van der Waals surface area contributed by atoms with Crippen LogP contribution < -0.4 is 10.6 Å². The zero-order valence-corrected chi connectivity index (χ0v) is 9.08. The lowest BCUT2D eigenvalue weighted by Crippen LogP contribution is -2.41. The van der Waals surface area contributed by atoms with Gasteiger partial charge in [-0.25, -0.2) is 0 Å². The van der Waals surface area contributed by atoms with E-state index < -0.39 is 0 Å². The van der Waals surface area contributed by atoms with Crippen molar-refractivity contribution in [2.75, 3.05) is 33.9 Å². The summed E-state index contributed by atoms with van der Waals surface area (Å²) in [6.07, 6.45) is 0.604. The quantitative estimate of drug-likeness (QED) is 0.461. The molecule has 0 unspecified atom stereocenters. The predicted octanol–water partition coefficient (Wildman–Crippen LogP) is -0.887. The van der Waals surface area contributed by atoms with Crippen molar-refractivity contribution in [1.29, 1.82) is 0 Å². The Hall–Kier alpha value is -1.14. The van der Waals surface area contributed by atoms with E-state index in [1.54, 1.807) is 7.11 Å². The summed E-state index contributed by atoms with van der Waals surface area (Å²) < 4.78 is 4.84. The Morgan fingerprint density at radius 1 is 1.67 bits per heavy atom. The summed E-state index contributed by atoms with van der Waals surface area (Å²) in [4.78, 5) is 16.2. The van der Waals surface area contributed by atoms with E-state index in [9.17, 15) is 4.79 Å². The molecule has 0 saturated carbocycles. The van der Waals surface area contributed by atoms with E-state index in [0.717, 1.165) is 5.71 Å². The summed E-state index contributed by atoms with van der Waals surface area (Å²) in [5.74, 6) is -0.0200. The Balaban J connectivity index is 2.27. The van der Waals surface area contributed by atoms with Crippen molar-refractivity contribution < 1.29 is 14.4 Å². The minimum absolute atomic E-state index is 0.0200. The summed E-state index contributed by atoms with van der Waals surface area (Å²) in [5.41, 5.74) is 0.865. The van der Waals surface area contributed by atoms with Gasteiger partial charge in [0, 0.05) is 26.6 Å². The highest BCUT2D eigenvalue weighted by molar-refractivity contribution is 5.96. The smallest absolute Gasteiger partial charge is 0.237 e. The summed E-state index contributed by atoms with van der Waals surface area (Å²) in [5, 5.41) is 9.62. The van der Waals surface area contributed by atoms with E-state index in [1.807, 2.05) is 0 Å². The average molecular weight is 215 g/mol. The van der Waals surface area contributed by atoms with Crippen molar-refractivity contribution in [3.05, 3.63) is 0 Å². The third-order valence-corrected chi connectivity index (χ3v) is 2.13. The van der Waals surface area contributed by atoms with Gasteiger partial charge in [-0.15, -0.1) is 0 Å². The SMILES string of the molecule is COCCNC(=O)[C@@H]1CC(=NOC)CN1. The van der Waals surface area contributed by atoms with Gasteiger partial charge in [-0.1, -0.05) is 5.16 Å². The molecular weight excluding hydrogens is 198 g/mol. The highest BCUT2D eigenvalue weighted by Crippen LogP contribution is 2.03. The minimum Gasteiger partial charge on any atom is -0.399 e. The topological polar surface area (TPSA) is 72.0 Å². The standard InChI is InChI=1S/C9H17N3O3/c1-14-4-3-10-9(13)8-5-7(6-11-8)12-15-2/h8,11H,3-6H2,1-2H3,(H,10,13)/t8-/m0/s1. The van der Waals surface area contributed by atoms with E-state index in [4.69, 9.17) is 4.74 Å². The Bertz CT molecular complexity index is 243. The fourth-order valence-corrected chi connectivity index (χ4v) is 1.40. The van der Waals surface area contributed by atoms with Gasteiger partial charge >= 0.3 is 0 Å². The molecule has 1 heterocycles. The Morgan fingerprint density at radius 2 is 2.47 bits per heavy atom. The first-order chi connectivity index (χ1) is 7.27. The molecule has 1 atom stereocenters. The van der Waals surface area contributed by atoms with Crippen molar-refractivity contribution >= 4 is 11.6 Å². The number of carbonyl (C=O) groups is 1. The molecule has 0 aromatic heterocycles. The van der Waals surface area contributed by atoms with E-state index in [1.165, 1.54) is 7.11 Å². The van der Waals surface area contributed by atoms with Gasteiger partial charge in [0.25, 0.3) is 0 Å². The Kier molecular flexibility index (Phi) is 5.06. The number of carbonyl (C=O) groups excluding carboxylic acids is 1. The van der Waals surface area contributed by atoms with Crippen LogP contribution in [0.3, 0.4) is 0 Å². The van der Waals surface area contributed by atoms with Crippen molar-refractivity contribution in [1.82, 2.24) is 10.6 Å². The minimum atomic E-state index is -0.198. The summed E-state index contributed by atoms with van der Waals surface area (Å²) in [6.45, 7) is 1.66. The number of rotatable bonds is 5. The maximum absolute atomic E-state index is 11.5. The van der Waals surface area contributed by atoms with Crippen LogP contribution in [0, 0.1) is 0 Å². The summed E-state index contributed by atoms with van der Waals surface area (Å²) >= 11 is 0. The van der Waals surface area contributed by atoms with E-state index in [-0.39, 0.29) is 11.9 Å². The molecule has 1 aliphatic heterocycles. The summed E-state index contributed by atoms with van der Waals surface area (Å²) in [6, 6.07) is -0.198. The molecule has 6 heteroatoms. The number of oxime groups is 1. The van der Waals surface area contributed by atoms with Crippen LogP contribution in [0.4, 0.5) is 0 Å². The first kappa shape index (κ1) is 11.9. The molecule has 1 amide bonds. The number of hydrogen-bond donors (Lipinski definition) is 2. The molecule has 1 rings (SSSR count). The second kappa shape index (κ2) is 6.36. The maximum Gasteiger partial charge on any atom is 0.237 e. The number of nitrogens with zero attached hydrogens (tertiary/aromatic N) is 1. The van der Waals surface area contributed by atoms with Crippen LogP contribution in [0.5, 0.6) is 0 Å². The molecule has 1 saturated heterocycles. The molecule has 0 aromatic carbocycles. The van der Waals surface area contributed by atoms with Crippen molar-refractivity contribution in [2.24, 2.45) is 5.16 Å². The molecule has 0 aliphatic carbocycles. The van der Waals surface area contributed by atoms with Gasteiger partial charge in [-0.3, -0.25) is 4.79 Å². The zero-order chi connectivity index (χ0) is 11.1. The molecule has 0 aromatic rings. The van der Waals surface area contributed by atoms with Crippen molar-refractivity contribution in [3.8, 4) is 0 Å². The maximum atomic E-state index is 11.5. The molecule has 6 nitrogen and oxygen atoms in total. The van der Waals surface area contributed by atoms with E-state index >= 15 is 0 Å². The van der Waals surface area contributed by atoms with Crippen LogP contribution in [-0.4, -0.2) is 51.6 Å². The normalized spacial score (nSPS) is 23.1. The fraction of sp³-hybridized carbons (Fsp3) is 0.778. The molecule has 2 N–H and O–H groups in total. The molecule has 0 bridgehead atoms. The van der Waals surface area contributed by atoms with Crippen molar-refractivity contribution in [2.45, 2.75) is 12.5 Å². The average Bonchev–Trinajstić information content (AvgIpc) is 2.67. The van der Waals surface area contributed by atoms with Gasteiger partial charge < -0.3 is 20.2 Å². The largest absolute Gasteiger partial charge is 0.399 e. The number of hydrogen-bond acceptors (Lipinski definition) is 5. The third-order valence-electron chi connectivity index (χ3n) is 2.13. The molecule has 1 aliphatic rings. The second-order valence-corrected chi connectivity index (χ2v) is 3.26. The van der Waals surface area contributed by atoms with Crippen LogP contribution >= 0.6 is 0 Å². The lowest BCUT2D eigenvalue weighted by molar-refractivity contribution is -0.122. The van der Waals surface area contributed by atoms with Crippen LogP contribution in [0.2, 0.25) is 0 Å². The molecule has 15 heavy (non-hydrogen) atoms.